The first-order chi connectivity index (χ1) is 9.19. The summed E-state index contributed by atoms with van der Waals surface area (Å²) in [6.07, 6.45) is -0.648. The summed E-state index contributed by atoms with van der Waals surface area (Å²) >= 11 is 0. The van der Waals surface area contributed by atoms with Gasteiger partial charge in [-0.25, -0.2) is 9.59 Å². The fraction of sp³-hybridized carbons (Fsp3) is 0.769. The number of hydrogen-bond donors (Lipinski definition) is 1. The third-order valence-electron chi connectivity index (χ3n) is 2.12. The average molecular weight is 289 g/mol. The molecule has 0 radical (unpaired) electrons. The fourth-order valence-corrected chi connectivity index (χ4v) is 1.34. The van der Waals surface area contributed by atoms with Crippen LogP contribution in [0.2, 0.25) is 0 Å². The Hall–Kier alpha value is -1.79. The van der Waals surface area contributed by atoms with Crippen LogP contribution in [-0.2, 0) is 23.8 Å². The lowest BCUT2D eigenvalue weighted by atomic mass is 10.1. The molecule has 0 bridgehead atoms. The molecule has 0 spiro atoms. The summed E-state index contributed by atoms with van der Waals surface area (Å²) in [5, 5.41) is 2.38. The summed E-state index contributed by atoms with van der Waals surface area (Å²) in [5.74, 6) is -1.08. The van der Waals surface area contributed by atoms with Crippen LogP contribution in [0.25, 0.3) is 0 Å². The molecule has 0 fully saturated rings. The Morgan fingerprint density at radius 1 is 1.20 bits per heavy atom. The van der Waals surface area contributed by atoms with Crippen LogP contribution in [0, 0.1) is 0 Å². The average Bonchev–Trinajstić information content (AvgIpc) is 2.31. The third kappa shape index (κ3) is 8.34. The fourth-order valence-electron chi connectivity index (χ4n) is 1.34. The molecule has 116 valence electrons. The van der Waals surface area contributed by atoms with Gasteiger partial charge < -0.3 is 19.5 Å². The Labute approximate surface area is 118 Å². The Morgan fingerprint density at radius 3 is 2.25 bits per heavy atom. The largest absolute Gasteiger partial charge is 0.467 e. The van der Waals surface area contributed by atoms with Crippen LogP contribution in [0.5, 0.6) is 0 Å². The van der Waals surface area contributed by atoms with Crippen molar-refractivity contribution in [3.8, 4) is 0 Å². The zero-order valence-electron chi connectivity index (χ0n) is 12.6. The highest BCUT2D eigenvalue weighted by Gasteiger charge is 2.25. The van der Waals surface area contributed by atoms with Crippen LogP contribution in [0.3, 0.4) is 0 Å². The van der Waals surface area contributed by atoms with Gasteiger partial charge in [-0.05, 0) is 34.1 Å². The van der Waals surface area contributed by atoms with E-state index in [2.05, 4.69) is 10.1 Å². The standard InChI is InChI=1S/C13H23NO6/c1-6-19-10(15)8-7-9(11(16)18-5)14-12(17)20-13(2,3)4/h9H,6-8H2,1-5H3,(H,14,17)/t9-/m0/s1. The van der Waals surface area contributed by atoms with Crippen LogP contribution in [0.4, 0.5) is 4.79 Å². The maximum absolute atomic E-state index is 11.6. The highest BCUT2D eigenvalue weighted by molar-refractivity contribution is 5.82. The van der Waals surface area contributed by atoms with Crippen LogP contribution < -0.4 is 5.32 Å². The van der Waals surface area contributed by atoms with Gasteiger partial charge in [-0.2, -0.15) is 0 Å². The quantitative estimate of drug-likeness (QED) is 0.587. The molecule has 0 aliphatic rings. The van der Waals surface area contributed by atoms with Crippen molar-refractivity contribution < 1.29 is 28.6 Å². The van der Waals surface area contributed by atoms with Crippen molar-refractivity contribution in [2.75, 3.05) is 13.7 Å². The van der Waals surface area contributed by atoms with Gasteiger partial charge in [0.05, 0.1) is 13.7 Å². The van der Waals surface area contributed by atoms with E-state index in [0.717, 1.165) is 0 Å². The van der Waals surface area contributed by atoms with E-state index in [1.807, 2.05) is 0 Å². The highest BCUT2D eigenvalue weighted by atomic mass is 16.6. The molecule has 0 unspecified atom stereocenters. The van der Waals surface area contributed by atoms with E-state index >= 15 is 0 Å². The second kappa shape index (κ2) is 8.39. The molecule has 1 atom stereocenters. The van der Waals surface area contributed by atoms with Gasteiger partial charge in [0.15, 0.2) is 0 Å². The molecule has 0 saturated heterocycles. The van der Waals surface area contributed by atoms with Crippen molar-refractivity contribution in [2.45, 2.75) is 52.2 Å². The number of nitrogens with one attached hydrogen (secondary N) is 1. The number of esters is 2. The molecule has 7 nitrogen and oxygen atoms in total. The molecule has 0 aliphatic heterocycles. The van der Waals surface area contributed by atoms with Gasteiger partial charge in [-0.3, -0.25) is 4.79 Å². The molecule has 0 aromatic heterocycles. The molecule has 0 aliphatic carbocycles. The minimum Gasteiger partial charge on any atom is -0.467 e. The summed E-state index contributed by atoms with van der Waals surface area (Å²) in [5.41, 5.74) is -0.675. The number of carbonyl (C=O) groups excluding carboxylic acids is 3. The first-order valence-corrected chi connectivity index (χ1v) is 6.42. The van der Waals surface area contributed by atoms with Gasteiger partial charge in [0.2, 0.25) is 0 Å². The Bertz CT molecular complexity index is 347. The Morgan fingerprint density at radius 2 is 1.80 bits per heavy atom. The molecule has 0 rings (SSSR count). The minimum atomic E-state index is -0.945. The first-order valence-electron chi connectivity index (χ1n) is 6.42. The maximum Gasteiger partial charge on any atom is 0.408 e. The second-order valence-corrected chi connectivity index (χ2v) is 5.07. The van der Waals surface area contributed by atoms with Crippen LogP contribution >= 0.6 is 0 Å². The van der Waals surface area contributed by atoms with E-state index in [1.165, 1.54) is 7.11 Å². The van der Waals surface area contributed by atoms with Crippen molar-refractivity contribution in [3.63, 3.8) is 0 Å². The number of amides is 1. The van der Waals surface area contributed by atoms with Crippen LogP contribution in [0.1, 0.15) is 40.5 Å². The number of rotatable bonds is 6. The lowest BCUT2D eigenvalue weighted by molar-refractivity contribution is -0.145. The molecule has 20 heavy (non-hydrogen) atoms. The van der Waals surface area contributed by atoms with E-state index < -0.39 is 29.7 Å². The molecule has 7 heteroatoms. The van der Waals surface area contributed by atoms with Crippen LogP contribution in [0.15, 0.2) is 0 Å². The normalized spacial score (nSPS) is 12.2. The molecule has 0 aromatic rings. The summed E-state index contributed by atoms with van der Waals surface area (Å²) in [6.45, 7) is 7.07. The number of methoxy groups -OCH3 is 1. The van der Waals surface area contributed by atoms with Crippen molar-refractivity contribution in [2.24, 2.45) is 0 Å². The molecule has 1 amide bonds. The van der Waals surface area contributed by atoms with E-state index in [9.17, 15) is 14.4 Å². The first kappa shape index (κ1) is 18.2. The zero-order chi connectivity index (χ0) is 15.8. The van der Waals surface area contributed by atoms with E-state index in [0.29, 0.717) is 0 Å². The van der Waals surface area contributed by atoms with Crippen molar-refractivity contribution in [3.05, 3.63) is 0 Å². The molecule has 0 aromatic carbocycles. The minimum absolute atomic E-state index is 0.00338. The van der Waals surface area contributed by atoms with Crippen LogP contribution in [-0.4, -0.2) is 43.4 Å². The van der Waals surface area contributed by atoms with Crippen molar-refractivity contribution in [1.82, 2.24) is 5.32 Å². The van der Waals surface area contributed by atoms with Gasteiger partial charge in [0.1, 0.15) is 11.6 Å². The lowest BCUT2D eigenvalue weighted by Gasteiger charge is -2.22. The Kier molecular flexibility index (Phi) is 7.64. The van der Waals surface area contributed by atoms with Gasteiger partial charge >= 0.3 is 18.0 Å². The van der Waals surface area contributed by atoms with Crippen molar-refractivity contribution >= 4 is 18.0 Å². The summed E-state index contributed by atoms with van der Waals surface area (Å²) < 4.78 is 14.4. The molecular weight excluding hydrogens is 266 g/mol. The lowest BCUT2D eigenvalue weighted by Crippen LogP contribution is -2.44. The van der Waals surface area contributed by atoms with E-state index in [4.69, 9.17) is 9.47 Å². The number of carbonyl (C=O) groups is 3. The molecule has 0 heterocycles. The van der Waals surface area contributed by atoms with Gasteiger partial charge in [-0.1, -0.05) is 0 Å². The molecular formula is C13H23NO6. The maximum atomic E-state index is 11.6. The van der Waals surface area contributed by atoms with E-state index in [1.54, 1.807) is 27.7 Å². The molecule has 1 N–H and O–H groups in total. The highest BCUT2D eigenvalue weighted by Crippen LogP contribution is 2.08. The smallest absolute Gasteiger partial charge is 0.408 e. The zero-order valence-corrected chi connectivity index (χ0v) is 12.6. The number of alkyl carbamates (subject to hydrolysis) is 1. The topological polar surface area (TPSA) is 90.9 Å². The molecule has 0 saturated carbocycles. The van der Waals surface area contributed by atoms with Gasteiger partial charge in [0, 0.05) is 6.42 Å². The number of hydrogen-bond acceptors (Lipinski definition) is 6. The summed E-state index contributed by atoms with van der Waals surface area (Å²) in [4.78, 5) is 34.4. The summed E-state index contributed by atoms with van der Waals surface area (Å²) in [7, 11) is 1.20. The van der Waals surface area contributed by atoms with Gasteiger partial charge in [0.25, 0.3) is 0 Å². The number of ether oxygens (including phenoxy) is 3. The predicted molar refractivity (Wildman–Crippen MR) is 71.0 cm³/mol. The third-order valence-corrected chi connectivity index (χ3v) is 2.12. The second-order valence-electron chi connectivity index (χ2n) is 5.07. The monoisotopic (exact) mass is 289 g/mol. The Balaban J connectivity index is 4.46. The van der Waals surface area contributed by atoms with Gasteiger partial charge in [-0.15, -0.1) is 0 Å². The SMILES string of the molecule is CCOC(=O)CC[C@H](NC(=O)OC(C)(C)C)C(=O)OC. The van der Waals surface area contributed by atoms with Crippen molar-refractivity contribution in [1.29, 1.82) is 0 Å². The van der Waals surface area contributed by atoms with E-state index in [-0.39, 0.29) is 19.4 Å². The summed E-state index contributed by atoms with van der Waals surface area (Å²) in [6, 6.07) is -0.945. The predicted octanol–water partition coefficient (Wildman–Crippen LogP) is 1.40.